The van der Waals surface area contributed by atoms with Crippen LogP contribution in [0.1, 0.15) is 38.8 Å². The van der Waals surface area contributed by atoms with Crippen molar-refractivity contribution in [1.82, 2.24) is 4.98 Å². The zero-order chi connectivity index (χ0) is 18.7. The molecule has 0 bridgehead atoms. The number of fused-ring (bicyclic) bond motifs is 1. The van der Waals surface area contributed by atoms with E-state index in [0.717, 1.165) is 22.1 Å². The fourth-order valence-corrected chi connectivity index (χ4v) is 3.35. The lowest BCUT2D eigenvalue weighted by Crippen LogP contribution is -2.41. The highest BCUT2D eigenvalue weighted by molar-refractivity contribution is 6.64. The summed E-state index contributed by atoms with van der Waals surface area (Å²) in [6.07, 6.45) is 0. The van der Waals surface area contributed by atoms with Gasteiger partial charge >= 0.3 is 7.12 Å². The third-order valence-corrected chi connectivity index (χ3v) is 5.42. The summed E-state index contributed by atoms with van der Waals surface area (Å²) in [4.78, 5) is 4.69. The van der Waals surface area contributed by atoms with Crippen LogP contribution < -0.4 is 5.46 Å². The molecule has 0 radical (unpaired) electrons. The normalized spacial score (nSPS) is 18.6. The molecule has 1 aliphatic heterocycles. The number of nitrogens with zero attached hydrogens (tertiary/aromatic N) is 1. The van der Waals surface area contributed by atoms with Crippen LogP contribution in [-0.4, -0.2) is 23.3 Å². The fourth-order valence-electron chi connectivity index (χ4n) is 3.35. The maximum Gasteiger partial charge on any atom is 0.498 e. The lowest BCUT2D eigenvalue weighted by Gasteiger charge is -2.32. The molecule has 0 N–H and O–H groups in total. The van der Waals surface area contributed by atoms with Gasteiger partial charge in [-0.2, -0.15) is 0 Å². The van der Waals surface area contributed by atoms with Crippen LogP contribution >= 0.6 is 0 Å². The van der Waals surface area contributed by atoms with Crippen molar-refractivity contribution >= 4 is 23.7 Å². The summed E-state index contributed by atoms with van der Waals surface area (Å²) in [6, 6.07) is 12.2. The van der Waals surface area contributed by atoms with Crippen molar-refractivity contribution in [2.75, 3.05) is 0 Å². The summed E-state index contributed by atoms with van der Waals surface area (Å²) >= 11 is 0. The summed E-state index contributed by atoms with van der Waals surface area (Å²) < 4.78 is 18.6. The van der Waals surface area contributed by atoms with Crippen molar-refractivity contribution in [2.45, 2.75) is 52.7 Å². The molecule has 3 aromatic rings. The Morgan fingerprint density at radius 2 is 1.50 bits per heavy atom. The molecule has 2 heterocycles. The van der Waals surface area contributed by atoms with Crippen LogP contribution in [0.25, 0.3) is 22.6 Å². The molecule has 1 aliphatic rings. The summed E-state index contributed by atoms with van der Waals surface area (Å²) in [5, 5.41) is 0. The van der Waals surface area contributed by atoms with E-state index in [4.69, 9.17) is 18.7 Å². The Morgan fingerprint density at radius 3 is 2.12 bits per heavy atom. The lowest BCUT2D eigenvalue weighted by atomic mass is 9.78. The molecule has 2 aromatic carbocycles. The van der Waals surface area contributed by atoms with Crippen molar-refractivity contribution in [3.63, 3.8) is 0 Å². The first-order valence-corrected chi connectivity index (χ1v) is 9.00. The van der Waals surface area contributed by atoms with Gasteiger partial charge in [-0.1, -0.05) is 29.3 Å². The molecule has 4 nitrogen and oxygen atoms in total. The number of hydrogen-bond acceptors (Lipinski definition) is 4. The average molecular weight is 349 g/mol. The number of rotatable bonds is 2. The Morgan fingerprint density at radius 1 is 0.885 bits per heavy atom. The molecular formula is C21H24BNO3. The molecule has 1 aromatic heterocycles. The molecule has 0 spiro atoms. The number of aromatic nitrogens is 1. The second-order valence-corrected chi connectivity index (χ2v) is 8.18. The van der Waals surface area contributed by atoms with E-state index in [0.29, 0.717) is 5.89 Å². The van der Waals surface area contributed by atoms with Gasteiger partial charge in [0.25, 0.3) is 0 Å². The van der Waals surface area contributed by atoms with Gasteiger partial charge in [-0.3, -0.25) is 0 Å². The molecular weight excluding hydrogens is 325 g/mol. The van der Waals surface area contributed by atoms with Crippen LogP contribution in [0, 0.1) is 13.8 Å². The molecule has 0 amide bonds. The first-order valence-electron chi connectivity index (χ1n) is 9.00. The summed E-state index contributed by atoms with van der Waals surface area (Å²) in [7, 11) is -0.469. The zero-order valence-corrected chi connectivity index (χ0v) is 16.2. The number of benzene rings is 2. The van der Waals surface area contributed by atoms with Gasteiger partial charge < -0.3 is 13.7 Å². The summed E-state index contributed by atoms with van der Waals surface area (Å²) in [5.41, 5.74) is 4.99. The Hall–Kier alpha value is -2.11. The molecule has 0 aliphatic carbocycles. The Bertz CT molecular complexity index is 954. The van der Waals surface area contributed by atoms with E-state index in [9.17, 15) is 0 Å². The van der Waals surface area contributed by atoms with Crippen LogP contribution in [0.4, 0.5) is 0 Å². The van der Waals surface area contributed by atoms with Gasteiger partial charge in [0.05, 0.1) is 11.2 Å². The van der Waals surface area contributed by atoms with Crippen molar-refractivity contribution in [1.29, 1.82) is 0 Å². The molecule has 4 rings (SSSR count). The van der Waals surface area contributed by atoms with Gasteiger partial charge in [-0.15, -0.1) is 0 Å². The van der Waals surface area contributed by atoms with Crippen molar-refractivity contribution in [3.8, 4) is 11.5 Å². The molecule has 0 atom stereocenters. The molecule has 134 valence electrons. The van der Waals surface area contributed by atoms with Crippen molar-refractivity contribution < 1.29 is 13.7 Å². The minimum Gasteiger partial charge on any atom is -0.436 e. The smallest absolute Gasteiger partial charge is 0.436 e. The molecule has 0 unspecified atom stereocenters. The van der Waals surface area contributed by atoms with Crippen LogP contribution in [-0.2, 0) is 9.31 Å². The predicted molar refractivity (Wildman–Crippen MR) is 105 cm³/mol. The van der Waals surface area contributed by atoms with Gasteiger partial charge in [-0.25, -0.2) is 4.98 Å². The highest BCUT2D eigenvalue weighted by Crippen LogP contribution is 2.37. The topological polar surface area (TPSA) is 44.5 Å². The van der Waals surface area contributed by atoms with E-state index < -0.39 is 18.3 Å². The van der Waals surface area contributed by atoms with Gasteiger partial charge in [0, 0.05) is 11.0 Å². The largest absolute Gasteiger partial charge is 0.498 e. The quantitative estimate of drug-likeness (QED) is 0.643. The SMILES string of the molecule is Cc1cc(C)cc(-c2nc3cccc(B4OC(C)(C)C(C)(C)O4)c3o2)c1. The second-order valence-electron chi connectivity index (χ2n) is 8.18. The maximum absolute atomic E-state index is 6.20. The predicted octanol–water partition coefficient (Wildman–Crippen LogP) is 4.41. The minimum atomic E-state index is -0.469. The van der Waals surface area contributed by atoms with E-state index in [1.165, 1.54) is 11.1 Å². The van der Waals surface area contributed by atoms with Crippen LogP contribution in [0.15, 0.2) is 40.8 Å². The van der Waals surface area contributed by atoms with Crippen molar-refractivity contribution in [2.24, 2.45) is 0 Å². The third kappa shape index (κ3) is 2.76. The first kappa shape index (κ1) is 17.3. The highest BCUT2D eigenvalue weighted by atomic mass is 16.7. The minimum absolute atomic E-state index is 0.393. The number of oxazole rings is 1. The third-order valence-electron chi connectivity index (χ3n) is 5.42. The molecule has 5 heteroatoms. The Labute approximate surface area is 154 Å². The number of hydrogen-bond donors (Lipinski definition) is 0. The summed E-state index contributed by atoms with van der Waals surface area (Å²) in [5.74, 6) is 0.621. The standard InChI is InChI=1S/C21H24BNO3/c1-13-10-14(2)12-15(11-13)19-23-17-9-7-8-16(18(17)24-19)22-25-20(3,4)21(5,6)26-22/h7-12H,1-6H3. The molecule has 26 heavy (non-hydrogen) atoms. The van der Waals surface area contributed by atoms with Gasteiger partial charge in [0.2, 0.25) is 5.89 Å². The van der Waals surface area contributed by atoms with Gasteiger partial charge in [-0.05, 0) is 59.7 Å². The van der Waals surface area contributed by atoms with E-state index in [2.05, 4.69) is 59.7 Å². The molecule has 1 fully saturated rings. The van der Waals surface area contributed by atoms with Crippen LogP contribution in [0.5, 0.6) is 0 Å². The van der Waals surface area contributed by atoms with Crippen molar-refractivity contribution in [3.05, 3.63) is 47.5 Å². The van der Waals surface area contributed by atoms with Gasteiger partial charge in [0.1, 0.15) is 5.52 Å². The highest BCUT2D eigenvalue weighted by Gasteiger charge is 2.52. The monoisotopic (exact) mass is 349 g/mol. The van der Waals surface area contributed by atoms with Gasteiger partial charge in [0.15, 0.2) is 5.58 Å². The second kappa shape index (κ2) is 5.70. The Balaban J connectivity index is 1.80. The molecule has 0 saturated carbocycles. The zero-order valence-electron chi connectivity index (χ0n) is 16.2. The van der Waals surface area contributed by atoms with Crippen LogP contribution in [0.2, 0.25) is 0 Å². The Kier molecular flexibility index (Phi) is 3.79. The van der Waals surface area contributed by atoms with E-state index in [1.54, 1.807) is 0 Å². The van der Waals surface area contributed by atoms with E-state index in [-0.39, 0.29) is 0 Å². The number of para-hydroxylation sites is 1. The van der Waals surface area contributed by atoms with E-state index in [1.807, 2.05) is 18.2 Å². The lowest BCUT2D eigenvalue weighted by molar-refractivity contribution is 0.00578. The summed E-state index contributed by atoms with van der Waals surface area (Å²) in [6.45, 7) is 12.4. The fraction of sp³-hybridized carbons (Fsp3) is 0.381. The average Bonchev–Trinajstić information content (AvgIpc) is 3.04. The maximum atomic E-state index is 6.20. The van der Waals surface area contributed by atoms with E-state index >= 15 is 0 Å². The number of aryl methyl sites for hydroxylation is 2. The van der Waals surface area contributed by atoms with Crippen LogP contribution in [0.3, 0.4) is 0 Å². The first-order chi connectivity index (χ1) is 12.2. The molecule has 1 saturated heterocycles.